The smallest absolute Gasteiger partial charge is 0.0903 e. The number of rotatable bonds is 3. The molecule has 0 saturated carbocycles. The van der Waals surface area contributed by atoms with Crippen LogP contribution in [0.5, 0.6) is 0 Å². The summed E-state index contributed by atoms with van der Waals surface area (Å²) >= 11 is 0. The van der Waals surface area contributed by atoms with Crippen LogP contribution in [0.2, 0.25) is 0 Å². The third-order valence-electron chi connectivity index (χ3n) is 1.48. The number of hydrogen-bond donors (Lipinski definition) is 1. The minimum Gasteiger partial charge on any atom is -0.396 e. The first-order valence-corrected chi connectivity index (χ1v) is 3.32. The van der Waals surface area contributed by atoms with Crippen molar-refractivity contribution in [2.24, 2.45) is 5.11 Å². The van der Waals surface area contributed by atoms with E-state index >= 15 is 0 Å². The maximum atomic E-state index is 8.74. The van der Waals surface area contributed by atoms with Gasteiger partial charge in [-0.3, -0.25) is 0 Å². The minimum atomic E-state index is -0.487. The van der Waals surface area contributed by atoms with Gasteiger partial charge < -0.3 is 9.84 Å². The maximum absolute atomic E-state index is 8.74. The van der Waals surface area contributed by atoms with E-state index in [1.54, 1.807) is 6.08 Å². The van der Waals surface area contributed by atoms with E-state index < -0.39 is 6.04 Å². The molecule has 0 spiro atoms. The zero-order valence-corrected chi connectivity index (χ0v) is 5.92. The van der Waals surface area contributed by atoms with Gasteiger partial charge in [0.05, 0.1) is 25.4 Å². The molecule has 0 radical (unpaired) electrons. The van der Waals surface area contributed by atoms with Crippen LogP contribution in [-0.4, -0.2) is 30.5 Å². The summed E-state index contributed by atoms with van der Waals surface area (Å²) in [5, 5.41) is 12.1. The molecule has 60 valence electrons. The number of azide groups is 1. The fourth-order valence-corrected chi connectivity index (χ4v) is 0.924. The van der Waals surface area contributed by atoms with E-state index in [4.69, 9.17) is 15.4 Å². The van der Waals surface area contributed by atoms with Crippen LogP contribution in [0.4, 0.5) is 0 Å². The van der Waals surface area contributed by atoms with Crippen molar-refractivity contribution in [3.63, 3.8) is 0 Å². The highest BCUT2D eigenvalue weighted by Gasteiger charge is 2.19. The van der Waals surface area contributed by atoms with Gasteiger partial charge in [0.1, 0.15) is 0 Å². The Bertz CT molecular complexity index is 198. The summed E-state index contributed by atoms with van der Waals surface area (Å²) < 4.78 is 5.12. The third kappa shape index (κ3) is 1.94. The van der Waals surface area contributed by atoms with Crippen LogP contribution in [0.15, 0.2) is 17.3 Å². The second kappa shape index (κ2) is 3.98. The molecule has 5 nitrogen and oxygen atoms in total. The molecule has 0 fully saturated rings. The molecule has 0 bridgehead atoms. The molecule has 1 aliphatic rings. The highest BCUT2D eigenvalue weighted by Crippen LogP contribution is 2.10. The zero-order chi connectivity index (χ0) is 8.10. The Kier molecular flexibility index (Phi) is 2.92. The molecule has 1 N–H and O–H groups in total. The summed E-state index contributed by atoms with van der Waals surface area (Å²) in [7, 11) is 0. The predicted octanol–water partition coefficient (Wildman–Crippen LogP) is 0.613. The Hall–Kier alpha value is -1.03. The molecule has 0 aromatic carbocycles. The molecule has 1 heterocycles. The van der Waals surface area contributed by atoms with E-state index in [9.17, 15) is 0 Å². The third-order valence-corrected chi connectivity index (χ3v) is 1.48. The summed E-state index contributed by atoms with van der Waals surface area (Å²) in [4.78, 5) is 2.60. The predicted molar refractivity (Wildman–Crippen MR) is 38.9 cm³/mol. The Labute approximate surface area is 63.9 Å². The number of aliphatic hydroxyl groups is 1. The van der Waals surface area contributed by atoms with Gasteiger partial charge >= 0.3 is 0 Å². The van der Waals surface area contributed by atoms with Crippen molar-refractivity contribution in [2.45, 2.75) is 12.1 Å². The quantitative estimate of drug-likeness (QED) is 0.280. The van der Waals surface area contributed by atoms with E-state index in [1.165, 1.54) is 0 Å². The average Bonchev–Trinajstić information content (AvgIpc) is 2.52. The highest BCUT2D eigenvalue weighted by atomic mass is 16.5. The molecule has 1 rings (SSSR count). The van der Waals surface area contributed by atoms with Crippen molar-refractivity contribution in [3.05, 3.63) is 22.6 Å². The van der Waals surface area contributed by atoms with Crippen molar-refractivity contribution in [1.82, 2.24) is 0 Å². The lowest BCUT2D eigenvalue weighted by Gasteiger charge is -2.13. The fraction of sp³-hybridized carbons (Fsp3) is 0.667. The molecule has 2 unspecified atom stereocenters. The Balaban J connectivity index is 2.53. The van der Waals surface area contributed by atoms with Crippen LogP contribution in [0.25, 0.3) is 10.4 Å². The molecule has 0 saturated heterocycles. The Morgan fingerprint density at radius 2 is 2.73 bits per heavy atom. The van der Waals surface area contributed by atoms with Crippen LogP contribution in [-0.2, 0) is 4.74 Å². The van der Waals surface area contributed by atoms with Gasteiger partial charge in [-0.2, -0.15) is 0 Å². The van der Waals surface area contributed by atoms with Gasteiger partial charge in [-0.25, -0.2) is 0 Å². The first kappa shape index (κ1) is 8.07. The molecular weight excluding hydrogens is 146 g/mol. The van der Waals surface area contributed by atoms with E-state index in [1.807, 2.05) is 6.08 Å². The lowest BCUT2D eigenvalue weighted by atomic mass is 10.2. The van der Waals surface area contributed by atoms with E-state index in [0.29, 0.717) is 6.61 Å². The largest absolute Gasteiger partial charge is 0.396 e. The topological polar surface area (TPSA) is 78.2 Å². The van der Waals surface area contributed by atoms with Crippen molar-refractivity contribution < 1.29 is 9.84 Å². The molecule has 0 aliphatic carbocycles. The second-order valence-corrected chi connectivity index (χ2v) is 2.18. The maximum Gasteiger partial charge on any atom is 0.0903 e. The number of nitrogens with zero attached hydrogens (tertiary/aromatic N) is 3. The molecule has 1 aliphatic heterocycles. The molecule has 2 atom stereocenters. The minimum absolute atomic E-state index is 0.181. The van der Waals surface area contributed by atoms with Crippen LogP contribution in [0.1, 0.15) is 0 Å². The standard InChI is InChI=1S/C6H9N3O2/c7-9-8-5(4-10)6-2-1-3-11-6/h1-2,5-6,10H,3-4H2. The van der Waals surface area contributed by atoms with E-state index in [2.05, 4.69) is 10.0 Å². The van der Waals surface area contributed by atoms with Crippen molar-refractivity contribution >= 4 is 0 Å². The van der Waals surface area contributed by atoms with Crippen molar-refractivity contribution in [1.29, 1.82) is 0 Å². The van der Waals surface area contributed by atoms with Crippen LogP contribution < -0.4 is 0 Å². The van der Waals surface area contributed by atoms with Crippen molar-refractivity contribution in [3.8, 4) is 0 Å². The van der Waals surface area contributed by atoms with Crippen LogP contribution >= 0.6 is 0 Å². The average molecular weight is 155 g/mol. The Morgan fingerprint density at radius 1 is 1.91 bits per heavy atom. The molecule has 5 heteroatoms. The summed E-state index contributed by atoms with van der Waals surface area (Å²) in [6.45, 7) is 0.348. The summed E-state index contributed by atoms with van der Waals surface area (Å²) in [5.74, 6) is 0. The first-order valence-electron chi connectivity index (χ1n) is 3.32. The molecule has 11 heavy (non-hydrogen) atoms. The Morgan fingerprint density at radius 3 is 3.18 bits per heavy atom. The van der Waals surface area contributed by atoms with Gasteiger partial charge in [-0.1, -0.05) is 17.3 Å². The van der Waals surface area contributed by atoms with Crippen LogP contribution in [0.3, 0.4) is 0 Å². The van der Waals surface area contributed by atoms with E-state index in [0.717, 1.165) is 0 Å². The molecule has 0 aromatic rings. The van der Waals surface area contributed by atoms with Crippen molar-refractivity contribution in [2.75, 3.05) is 13.2 Å². The van der Waals surface area contributed by atoms with Gasteiger partial charge in [0.2, 0.25) is 0 Å². The molecule has 0 aromatic heterocycles. The monoisotopic (exact) mass is 155 g/mol. The fourth-order valence-electron chi connectivity index (χ4n) is 0.924. The first-order chi connectivity index (χ1) is 5.38. The molecular formula is C6H9N3O2. The second-order valence-electron chi connectivity index (χ2n) is 2.18. The van der Waals surface area contributed by atoms with Gasteiger partial charge in [0, 0.05) is 4.91 Å². The zero-order valence-electron chi connectivity index (χ0n) is 5.92. The highest BCUT2D eigenvalue weighted by molar-refractivity contribution is 5.01. The summed E-state index contributed by atoms with van der Waals surface area (Å²) in [5.41, 5.74) is 8.10. The SMILES string of the molecule is [N-]=[N+]=NC(CO)C1C=CCO1. The number of hydrogen-bond acceptors (Lipinski definition) is 3. The van der Waals surface area contributed by atoms with Gasteiger partial charge in [-0.15, -0.1) is 0 Å². The summed E-state index contributed by atoms with van der Waals surface area (Å²) in [6, 6.07) is -0.487. The van der Waals surface area contributed by atoms with Gasteiger partial charge in [0.25, 0.3) is 0 Å². The molecule has 0 amide bonds. The lowest BCUT2D eigenvalue weighted by Crippen LogP contribution is -2.25. The van der Waals surface area contributed by atoms with Crippen LogP contribution in [0, 0.1) is 0 Å². The van der Waals surface area contributed by atoms with Gasteiger partial charge in [-0.05, 0) is 5.53 Å². The summed E-state index contributed by atoms with van der Waals surface area (Å²) in [6.07, 6.45) is 3.37. The number of aliphatic hydroxyl groups excluding tert-OH is 1. The van der Waals surface area contributed by atoms with E-state index in [-0.39, 0.29) is 12.7 Å². The number of ether oxygens (including phenoxy) is 1. The van der Waals surface area contributed by atoms with Gasteiger partial charge in [0.15, 0.2) is 0 Å². The normalized spacial score (nSPS) is 24.6. The lowest BCUT2D eigenvalue weighted by molar-refractivity contribution is 0.0852.